The number of aryl methyl sites for hydroxylation is 1. The quantitative estimate of drug-likeness (QED) is 0.708. The molecule has 0 N–H and O–H groups in total. The topological polar surface area (TPSA) is 51.8 Å². The molecule has 0 unspecified atom stereocenters. The van der Waals surface area contributed by atoms with Crippen molar-refractivity contribution < 1.29 is 4.52 Å². The second-order valence-corrected chi connectivity index (χ2v) is 2.96. The van der Waals surface area contributed by atoms with Crippen molar-refractivity contribution in [2.75, 3.05) is 0 Å². The molecule has 0 saturated carbocycles. The van der Waals surface area contributed by atoms with Crippen molar-refractivity contribution in [2.45, 2.75) is 13.3 Å². The first kappa shape index (κ1) is 7.42. The van der Waals surface area contributed by atoms with Gasteiger partial charge in [0.1, 0.15) is 5.69 Å². The van der Waals surface area contributed by atoms with Crippen LogP contribution in [0, 0.1) is 0 Å². The summed E-state index contributed by atoms with van der Waals surface area (Å²) in [4.78, 5) is 8.21. The highest BCUT2D eigenvalue weighted by Crippen LogP contribution is 2.14. The van der Waals surface area contributed by atoms with Crippen molar-refractivity contribution in [3.05, 3.63) is 16.8 Å². The summed E-state index contributed by atoms with van der Waals surface area (Å²) in [5.74, 6) is 1.23. The van der Waals surface area contributed by atoms with Crippen LogP contribution >= 0.6 is 11.3 Å². The molecule has 2 rings (SSSR count). The van der Waals surface area contributed by atoms with E-state index in [4.69, 9.17) is 4.52 Å². The predicted molar refractivity (Wildman–Crippen MR) is 44.8 cm³/mol. The van der Waals surface area contributed by atoms with Crippen LogP contribution in [0.2, 0.25) is 0 Å². The number of hydrogen-bond acceptors (Lipinski definition) is 5. The van der Waals surface area contributed by atoms with Gasteiger partial charge in [-0.25, -0.2) is 4.98 Å². The number of aromatic nitrogens is 3. The standard InChI is InChI=1S/C7H7N3OS/c1-2-6-9-7(10-11-6)5-3-12-4-8-5/h3-4H,2H2,1H3. The van der Waals surface area contributed by atoms with Gasteiger partial charge in [-0.05, 0) is 0 Å². The molecule has 0 fully saturated rings. The van der Waals surface area contributed by atoms with Gasteiger partial charge in [0.05, 0.1) is 5.51 Å². The lowest BCUT2D eigenvalue weighted by Gasteiger charge is -1.80. The Morgan fingerprint density at radius 1 is 1.58 bits per heavy atom. The highest BCUT2D eigenvalue weighted by molar-refractivity contribution is 7.07. The molecular weight excluding hydrogens is 174 g/mol. The number of nitrogens with zero attached hydrogens (tertiary/aromatic N) is 3. The van der Waals surface area contributed by atoms with Crippen LogP contribution in [0.15, 0.2) is 15.4 Å². The van der Waals surface area contributed by atoms with Crippen LogP contribution in [0.25, 0.3) is 11.5 Å². The summed E-state index contributed by atoms with van der Waals surface area (Å²) in [6.07, 6.45) is 0.761. The fraction of sp³-hybridized carbons (Fsp3) is 0.286. The maximum Gasteiger partial charge on any atom is 0.226 e. The van der Waals surface area contributed by atoms with Crippen molar-refractivity contribution in [1.29, 1.82) is 0 Å². The van der Waals surface area contributed by atoms with Crippen LogP contribution in [-0.4, -0.2) is 15.1 Å². The van der Waals surface area contributed by atoms with Gasteiger partial charge < -0.3 is 4.52 Å². The zero-order valence-corrected chi connectivity index (χ0v) is 7.34. The molecule has 0 aliphatic carbocycles. The normalized spacial score (nSPS) is 10.4. The molecule has 0 aliphatic heterocycles. The van der Waals surface area contributed by atoms with Gasteiger partial charge in [0.2, 0.25) is 11.7 Å². The van der Waals surface area contributed by atoms with Crippen LogP contribution < -0.4 is 0 Å². The lowest BCUT2D eigenvalue weighted by Crippen LogP contribution is -1.81. The fourth-order valence-corrected chi connectivity index (χ4v) is 1.36. The molecule has 5 heteroatoms. The van der Waals surface area contributed by atoms with E-state index in [1.165, 1.54) is 11.3 Å². The molecule has 0 amide bonds. The first-order valence-corrected chi connectivity index (χ1v) is 4.55. The monoisotopic (exact) mass is 181 g/mol. The lowest BCUT2D eigenvalue weighted by atomic mass is 10.4. The second-order valence-electron chi connectivity index (χ2n) is 2.24. The fourth-order valence-electron chi connectivity index (χ4n) is 0.825. The zero-order chi connectivity index (χ0) is 8.39. The van der Waals surface area contributed by atoms with Crippen molar-refractivity contribution in [3.63, 3.8) is 0 Å². The highest BCUT2D eigenvalue weighted by atomic mass is 32.1. The van der Waals surface area contributed by atoms with E-state index in [2.05, 4.69) is 15.1 Å². The molecule has 2 aromatic heterocycles. The summed E-state index contributed by atoms with van der Waals surface area (Å²) in [5, 5.41) is 5.68. The molecule has 0 bridgehead atoms. The Bertz CT molecular complexity index is 354. The third-order valence-electron chi connectivity index (χ3n) is 1.43. The summed E-state index contributed by atoms with van der Waals surface area (Å²) in [6, 6.07) is 0. The Hall–Kier alpha value is -1.23. The average molecular weight is 181 g/mol. The maximum atomic E-state index is 4.94. The van der Waals surface area contributed by atoms with E-state index >= 15 is 0 Å². The predicted octanol–water partition coefficient (Wildman–Crippen LogP) is 1.76. The summed E-state index contributed by atoms with van der Waals surface area (Å²) in [5.41, 5.74) is 2.53. The lowest BCUT2D eigenvalue weighted by molar-refractivity contribution is 0.382. The van der Waals surface area contributed by atoms with Crippen LogP contribution in [0.4, 0.5) is 0 Å². The third-order valence-corrected chi connectivity index (χ3v) is 2.02. The Balaban J connectivity index is 2.35. The summed E-state index contributed by atoms with van der Waals surface area (Å²) in [6.45, 7) is 1.97. The summed E-state index contributed by atoms with van der Waals surface area (Å²) < 4.78 is 4.94. The highest BCUT2D eigenvalue weighted by Gasteiger charge is 2.07. The van der Waals surface area contributed by atoms with Crippen LogP contribution in [0.3, 0.4) is 0 Å². The molecule has 2 aromatic rings. The van der Waals surface area contributed by atoms with E-state index in [-0.39, 0.29) is 0 Å². The van der Waals surface area contributed by atoms with Gasteiger partial charge >= 0.3 is 0 Å². The Labute approximate surface area is 73.3 Å². The zero-order valence-electron chi connectivity index (χ0n) is 6.52. The van der Waals surface area contributed by atoms with E-state index in [0.29, 0.717) is 11.7 Å². The average Bonchev–Trinajstić information content (AvgIpc) is 2.75. The SMILES string of the molecule is CCc1nc(-c2cscn2)no1. The van der Waals surface area contributed by atoms with E-state index in [1.54, 1.807) is 5.51 Å². The third kappa shape index (κ3) is 1.23. The second kappa shape index (κ2) is 3.02. The molecular formula is C7H7N3OS. The van der Waals surface area contributed by atoms with Crippen LogP contribution in [0.1, 0.15) is 12.8 Å². The first-order chi connectivity index (χ1) is 5.90. The Morgan fingerprint density at radius 3 is 3.08 bits per heavy atom. The minimum absolute atomic E-state index is 0.577. The van der Waals surface area contributed by atoms with Crippen LogP contribution in [0.5, 0.6) is 0 Å². The number of hydrogen-bond donors (Lipinski definition) is 0. The minimum Gasteiger partial charge on any atom is -0.339 e. The Morgan fingerprint density at radius 2 is 2.50 bits per heavy atom. The summed E-state index contributed by atoms with van der Waals surface area (Å²) >= 11 is 1.52. The molecule has 0 saturated heterocycles. The molecule has 62 valence electrons. The smallest absolute Gasteiger partial charge is 0.226 e. The van der Waals surface area contributed by atoms with Crippen LogP contribution in [-0.2, 0) is 6.42 Å². The molecule has 0 aromatic carbocycles. The number of thiazole rings is 1. The maximum absolute atomic E-state index is 4.94. The van der Waals surface area contributed by atoms with Gasteiger partial charge in [-0.15, -0.1) is 11.3 Å². The molecule has 2 heterocycles. The van der Waals surface area contributed by atoms with Gasteiger partial charge in [-0.1, -0.05) is 12.1 Å². The van der Waals surface area contributed by atoms with Crippen molar-refractivity contribution >= 4 is 11.3 Å². The summed E-state index contributed by atoms with van der Waals surface area (Å²) in [7, 11) is 0. The van der Waals surface area contributed by atoms with Crippen molar-refractivity contribution in [1.82, 2.24) is 15.1 Å². The first-order valence-electron chi connectivity index (χ1n) is 3.61. The van der Waals surface area contributed by atoms with Gasteiger partial charge in [0.15, 0.2) is 0 Å². The van der Waals surface area contributed by atoms with Gasteiger partial charge in [0.25, 0.3) is 0 Å². The van der Waals surface area contributed by atoms with Gasteiger partial charge in [0, 0.05) is 11.8 Å². The van der Waals surface area contributed by atoms with E-state index in [1.807, 2.05) is 12.3 Å². The van der Waals surface area contributed by atoms with Crippen molar-refractivity contribution in [3.8, 4) is 11.5 Å². The molecule has 4 nitrogen and oxygen atoms in total. The molecule has 0 spiro atoms. The van der Waals surface area contributed by atoms with E-state index in [0.717, 1.165) is 12.1 Å². The van der Waals surface area contributed by atoms with Gasteiger partial charge in [-0.2, -0.15) is 4.98 Å². The molecule has 0 aliphatic rings. The number of rotatable bonds is 2. The Kier molecular flexibility index (Phi) is 1.87. The molecule has 0 radical (unpaired) electrons. The van der Waals surface area contributed by atoms with E-state index < -0.39 is 0 Å². The molecule has 0 atom stereocenters. The molecule has 12 heavy (non-hydrogen) atoms. The van der Waals surface area contributed by atoms with Crippen molar-refractivity contribution in [2.24, 2.45) is 0 Å². The van der Waals surface area contributed by atoms with Gasteiger partial charge in [-0.3, -0.25) is 0 Å². The minimum atomic E-state index is 0.577. The van der Waals surface area contributed by atoms with E-state index in [9.17, 15) is 0 Å². The largest absolute Gasteiger partial charge is 0.339 e.